The van der Waals surface area contributed by atoms with Gasteiger partial charge in [0.25, 0.3) is 0 Å². The van der Waals surface area contributed by atoms with E-state index in [0.29, 0.717) is 0 Å². The number of carboxylic acid groups (broad SMARTS) is 1. The van der Waals surface area contributed by atoms with Gasteiger partial charge < -0.3 is 16.6 Å². The highest BCUT2D eigenvalue weighted by Gasteiger charge is 2.14. The molecule has 0 fully saturated rings. The number of carbonyl (C=O) groups is 2. The molecule has 66 valence electrons. The van der Waals surface area contributed by atoms with Crippen molar-refractivity contribution < 1.29 is 14.7 Å². The quantitative estimate of drug-likeness (QED) is 0.503. The van der Waals surface area contributed by atoms with Crippen LogP contribution in [0.3, 0.4) is 0 Å². The van der Waals surface area contributed by atoms with Crippen LogP contribution in [-0.2, 0) is 9.59 Å². The zero-order valence-electron chi connectivity index (χ0n) is 5.82. The highest BCUT2D eigenvalue weighted by atomic mass is 35.5. The summed E-state index contributed by atoms with van der Waals surface area (Å²) in [6.45, 7) is -0.152. The molecular weight excluding hydrogens is 172 g/mol. The Hall–Kier alpha value is -0.650. The van der Waals surface area contributed by atoms with Crippen molar-refractivity contribution in [3.8, 4) is 0 Å². The second-order valence-electron chi connectivity index (χ2n) is 1.89. The SMILES string of the molecule is Cl.NCC(=O)C[C@@H](N)C(=O)O. The van der Waals surface area contributed by atoms with Gasteiger partial charge >= 0.3 is 5.97 Å². The van der Waals surface area contributed by atoms with Crippen LogP contribution in [0, 0.1) is 0 Å². The largest absolute Gasteiger partial charge is 0.480 e. The second kappa shape index (κ2) is 6.09. The minimum atomic E-state index is -1.18. The van der Waals surface area contributed by atoms with Gasteiger partial charge in [0, 0.05) is 6.42 Å². The van der Waals surface area contributed by atoms with Gasteiger partial charge in [-0.2, -0.15) is 0 Å². The van der Waals surface area contributed by atoms with Crippen molar-refractivity contribution in [2.75, 3.05) is 6.54 Å². The summed E-state index contributed by atoms with van der Waals surface area (Å²) in [5, 5.41) is 8.21. The van der Waals surface area contributed by atoms with Crippen LogP contribution in [0.2, 0.25) is 0 Å². The molecule has 0 spiro atoms. The summed E-state index contributed by atoms with van der Waals surface area (Å²) in [5.74, 6) is -1.52. The molecule has 5 nitrogen and oxygen atoms in total. The molecule has 1 atom stereocenters. The summed E-state index contributed by atoms with van der Waals surface area (Å²) in [6.07, 6.45) is -0.189. The van der Waals surface area contributed by atoms with Crippen LogP contribution in [0.1, 0.15) is 6.42 Å². The summed E-state index contributed by atoms with van der Waals surface area (Å²) in [6, 6.07) is -1.11. The number of hydrogen-bond donors (Lipinski definition) is 3. The molecule has 0 amide bonds. The monoisotopic (exact) mass is 182 g/mol. The van der Waals surface area contributed by atoms with Crippen molar-refractivity contribution in [1.29, 1.82) is 0 Å². The van der Waals surface area contributed by atoms with E-state index in [9.17, 15) is 9.59 Å². The molecule has 0 saturated carbocycles. The first kappa shape index (κ1) is 13.0. The maximum atomic E-state index is 10.5. The number of halogens is 1. The van der Waals surface area contributed by atoms with Crippen LogP contribution < -0.4 is 11.5 Å². The smallest absolute Gasteiger partial charge is 0.320 e. The molecule has 0 aliphatic heterocycles. The number of rotatable bonds is 4. The van der Waals surface area contributed by atoms with Gasteiger partial charge in [-0.25, -0.2) is 0 Å². The topological polar surface area (TPSA) is 106 Å². The number of carbonyl (C=O) groups excluding carboxylic acids is 1. The number of Topliss-reactive ketones (excluding diaryl/α,β-unsaturated/α-hetero) is 1. The average Bonchev–Trinajstić information content (AvgIpc) is 1.87. The molecule has 0 aromatic carbocycles. The Bertz CT molecular complexity index is 151. The molecule has 0 aliphatic rings. The lowest BCUT2D eigenvalue weighted by molar-refractivity contribution is -0.140. The summed E-state index contributed by atoms with van der Waals surface area (Å²) in [7, 11) is 0. The molecule has 0 aromatic rings. The van der Waals surface area contributed by atoms with Gasteiger partial charge in [0.15, 0.2) is 0 Å². The zero-order chi connectivity index (χ0) is 8.15. The average molecular weight is 183 g/mol. The van der Waals surface area contributed by atoms with Crippen molar-refractivity contribution in [2.45, 2.75) is 12.5 Å². The number of carboxylic acids is 1. The van der Waals surface area contributed by atoms with Gasteiger partial charge in [-0.3, -0.25) is 9.59 Å². The van der Waals surface area contributed by atoms with Gasteiger partial charge in [-0.05, 0) is 0 Å². The van der Waals surface area contributed by atoms with E-state index in [1.165, 1.54) is 0 Å². The first-order valence-electron chi connectivity index (χ1n) is 2.78. The van der Waals surface area contributed by atoms with E-state index >= 15 is 0 Å². The molecule has 0 aromatic heterocycles. The lowest BCUT2D eigenvalue weighted by atomic mass is 10.1. The third-order valence-electron chi connectivity index (χ3n) is 0.992. The number of hydrogen-bond acceptors (Lipinski definition) is 4. The highest BCUT2D eigenvalue weighted by molar-refractivity contribution is 5.86. The first-order valence-corrected chi connectivity index (χ1v) is 2.78. The standard InChI is InChI=1S/C5H10N2O3.ClH/c6-2-3(8)1-4(7)5(9)10;/h4H,1-2,6-7H2,(H,9,10);1H/t4-;/m1./s1. The van der Waals surface area contributed by atoms with Crippen LogP contribution in [0.5, 0.6) is 0 Å². The molecule has 0 heterocycles. The van der Waals surface area contributed by atoms with E-state index in [-0.39, 0.29) is 31.2 Å². The molecule has 0 unspecified atom stereocenters. The molecule has 0 radical (unpaired) electrons. The third kappa shape index (κ3) is 5.78. The minimum Gasteiger partial charge on any atom is -0.480 e. The predicted molar refractivity (Wildman–Crippen MR) is 41.5 cm³/mol. The molecule has 6 heteroatoms. The molecule has 11 heavy (non-hydrogen) atoms. The van der Waals surface area contributed by atoms with E-state index in [4.69, 9.17) is 16.6 Å². The van der Waals surface area contributed by atoms with Crippen molar-refractivity contribution in [3.05, 3.63) is 0 Å². The Labute approximate surface area is 70.1 Å². The Morgan fingerprint density at radius 3 is 2.18 bits per heavy atom. The lowest BCUT2D eigenvalue weighted by Crippen LogP contribution is -2.34. The molecular formula is C5H11ClN2O3. The highest BCUT2D eigenvalue weighted by Crippen LogP contribution is 1.87. The predicted octanol–water partition coefficient (Wildman–Crippen LogP) is -1.26. The first-order chi connectivity index (χ1) is 4.57. The van der Waals surface area contributed by atoms with E-state index in [1.807, 2.05) is 0 Å². The second-order valence-corrected chi connectivity index (χ2v) is 1.89. The molecule has 5 N–H and O–H groups in total. The Morgan fingerprint density at radius 1 is 1.45 bits per heavy atom. The number of ketones is 1. The van der Waals surface area contributed by atoms with Crippen molar-refractivity contribution in [1.82, 2.24) is 0 Å². The summed E-state index contributed by atoms with van der Waals surface area (Å²) >= 11 is 0. The lowest BCUT2D eigenvalue weighted by Gasteiger charge is -2.01. The van der Waals surface area contributed by atoms with Gasteiger partial charge in [0.05, 0.1) is 6.54 Å². The Balaban J connectivity index is 0. The molecule has 0 rings (SSSR count). The van der Waals surface area contributed by atoms with Crippen LogP contribution in [0.25, 0.3) is 0 Å². The van der Waals surface area contributed by atoms with Gasteiger partial charge in [0.1, 0.15) is 11.8 Å². The third-order valence-corrected chi connectivity index (χ3v) is 0.992. The fraction of sp³-hybridized carbons (Fsp3) is 0.600. The fourth-order valence-corrected chi connectivity index (χ4v) is 0.416. The van der Waals surface area contributed by atoms with Gasteiger partial charge in [-0.15, -0.1) is 12.4 Å². The van der Waals surface area contributed by atoms with Crippen molar-refractivity contribution in [3.63, 3.8) is 0 Å². The van der Waals surface area contributed by atoms with E-state index in [0.717, 1.165) is 0 Å². The molecule has 0 bridgehead atoms. The molecule has 0 saturated heterocycles. The Morgan fingerprint density at radius 2 is 1.91 bits per heavy atom. The zero-order valence-corrected chi connectivity index (χ0v) is 6.63. The maximum absolute atomic E-state index is 10.5. The molecule has 0 aliphatic carbocycles. The minimum absolute atomic E-state index is 0. The maximum Gasteiger partial charge on any atom is 0.320 e. The van der Waals surface area contributed by atoms with Gasteiger partial charge in [-0.1, -0.05) is 0 Å². The summed E-state index contributed by atoms with van der Waals surface area (Å²) in [4.78, 5) is 20.5. The van der Waals surface area contributed by atoms with Crippen LogP contribution in [0.4, 0.5) is 0 Å². The number of aliphatic carboxylic acids is 1. The normalized spacial score (nSPS) is 11.5. The summed E-state index contributed by atoms with van der Waals surface area (Å²) < 4.78 is 0. The van der Waals surface area contributed by atoms with Crippen LogP contribution >= 0.6 is 12.4 Å². The van der Waals surface area contributed by atoms with Crippen LogP contribution in [0.15, 0.2) is 0 Å². The van der Waals surface area contributed by atoms with Crippen LogP contribution in [-0.4, -0.2) is 29.4 Å². The van der Waals surface area contributed by atoms with Crippen molar-refractivity contribution >= 4 is 24.2 Å². The van der Waals surface area contributed by atoms with Gasteiger partial charge in [0.2, 0.25) is 0 Å². The van der Waals surface area contributed by atoms with E-state index < -0.39 is 12.0 Å². The van der Waals surface area contributed by atoms with Crippen molar-refractivity contribution in [2.24, 2.45) is 11.5 Å². The Kier molecular flexibility index (Phi) is 7.18. The van der Waals surface area contributed by atoms with E-state index in [1.54, 1.807) is 0 Å². The fourth-order valence-electron chi connectivity index (χ4n) is 0.416. The number of nitrogens with two attached hydrogens (primary N) is 2. The summed E-state index contributed by atoms with van der Waals surface area (Å²) in [5.41, 5.74) is 9.94. The van der Waals surface area contributed by atoms with E-state index in [2.05, 4.69) is 0 Å².